The molecule has 1 atom stereocenters. The Morgan fingerprint density at radius 1 is 0.518 bits per heavy atom. The highest BCUT2D eigenvalue weighted by atomic mass is 19.4. The number of benzene rings is 4. The molecule has 8 heterocycles. The van der Waals surface area contributed by atoms with Gasteiger partial charge in [-0.1, -0.05) is 24.3 Å². The quantitative estimate of drug-likeness (QED) is 0.0687. The summed E-state index contributed by atoms with van der Waals surface area (Å²) < 4.78 is 203. The van der Waals surface area contributed by atoms with E-state index in [4.69, 9.17) is 36.6 Å². The van der Waals surface area contributed by atoms with Crippen LogP contribution in [0.4, 0.5) is 52.7 Å². The molecule has 3 N–H and O–H groups in total. The standard InChI is InChI=1S/C14H9F3N2O4.C12H9F3N2O4.C12H7F3N2O3.C11H5F3N2O3/c15-14(16,17)13-19-18-12(23-13)11-4-8-9(21-6-7-5-20-7)2-1-3-10(8)22-11;1-20-7-3-2-4-8-6(7)5-9(21-8)10(18)16-17-11(19)12(13,14)15;1-18-7-3-2-4-8-6(7)5-9(19-8)10-16-17-11(20-10)12(13,14)15;12-11(13,14)10-16-15-9(19-10)8-4-5-6(17)2-1-3-7(5)18-8/h1-4,7H,5-6H2;2-5H,1H3,(H,16,18)(H,17,19);2-5H,1H3;1-4,17H/t7-;;;/m0.../s1. The average Bonchev–Trinajstić information content (AvgIpc) is 3.85. The zero-order valence-electron chi connectivity index (χ0n) is 41.2. The summed E-state index contributed by atoms with van der Waals surface area (Å²) in [6.45, 7) is 1.06. The molecular formula is C49H30F12N8O14. The van der Waals surface area contributed by atoms with Crippen LogP contribution in [-0.2, 0) is 28.1 Å². The summed E-state index contributed by atoms with van der Waals surface area (Å²) in [7, 11) is 2.90. The van der Waals surface area contributed by atoms with Crippen LogP contribution in [0.25, 0.3) is 78.8 Å². The Balaban J connectivity index is 0.000000133. The number of methoxy groups -OCH3 is 2. The van der Waals surface area contributed by atoms with Crippen molar-refractivity contribution in [2.75, 3.05) is 27.4 Å². The van der Waals surface area contributed by atoms with Gasteiger partial charge in [0.2, 0.25) is 0 Å². The molecule has 434 valence electrons. The lowest BCUT2D eigenvalue weighted by molar-refractivity contribution is -0.174. The predicted molar refractivity (Wildman–Crippen MR) is 251 cm³/mol. The maximum Gasteiger partial charge on any atom is 0.472 e. The molecule has 83 heavy (non-hydrogen) atoms. The molecule has 2 amide bonds. The third-order valence-corrected chi connectivity index (χ3v) is 10.8. The minimum atomic E-state index is -5.09. The molecule has 0 bridgehead atoms. The van der Waals surface area contributed by atoms with Crippen molar-refractivity contribution in [3.05, 3.63) is 120 Å². The number of fused-ring (bicyclic) bond motifs is 4. The van der Waals surface area contributed by atoms with Gasteiger partial charge in [0.1, 0.15) is 58.0 Å². The minimum Gasteiger partial charge on any atom is -0.507 e. The van der Waals surface area contributed by atoms with E-state index in [1.54, 1.807) is 72.2 Å². The van der Waals surface area contributed by atoms with E-state index in [1.807, 2.05) is 0 Å². The van der Waals surface area contributed by atoms with Crippen molar-refractivity contribution in [2.45, 2.75) is 30.8 Å². The monoisotopic (exact) mass is 1180 g/mol. The first-order valence-corrected chi connectivity index (χ1v) is 22.8. The van der Waals surface area contributed by atoms with E-state index < -0.39 is 60.1 Å². The second-order valence-corrected chi connectivity index (χ2v) is 16.4. The van der Waals surface area contributed by atoms with Gasteiger partial charge < -0.3 is 55.0 Å². The van der Waals surface area contributed by atoms with Gasteiger partial charge in [-0.3, -0.25) is 20.4 Å². The first-order chi connectivity index (χ1) is 39.3. The Morgan fingerprint density at radius 3 is 1.30 bits per heavy atom. The molecule has 22 nitrogen and oxygen atoms in total. The number of rotatable bonds is 9. The predicted octanol–water partition coefficient (Wildman–Crippen LogP) is 11.8. The number of hydrazine groups is 1. The van der Waals surface area contributed by atoms with Crippen LogP contribution >= 0.6 is 0 Å². The molecule has 1 aliphatic heterocycles. The summed E-state index contributed by atoms with van der Waals surface area (Å²) >= 11 is 0. The summed E-state index contributed by atoms with van der Waals surface area (Å²) in [6, 6.07) is 25.1. The number of aromatic nitrogens is 6. The second-order valence-electron chi connectivity index (χ2n) is 16.4. The molecular weight excluding hydrogens is 1150 g/mol. The number of carbonyl (C=O) groups is 2. The van der Waals surface area contributed by atoms with Crippen molar-refractivity contribution in [1.82, 2.24) is 41.4 Å². The second kappa shape index (κ2) is 22.7. The number of nitrogens with one attached hydrogen (secondary N) is 2. The molecule has 1 aliphatic rings. The summed E-state index contributed by atoms with van der Waals surface area (Å²) in [6.07, 6.45) is -19.1. The third-order valence-electron chi connectivity index (χ3n) is 10.8. The van der Waals surface area contributed by atoms with Crippen LogP contribution in [0.5, 0.6) is 23.0 Å². The van der Waals surface area contributed by atoms with Crippen molar-refractivity contribution in [1.29, 1.82) is 0 Å². The van der Waals surface area contributed by atoms with Crippen molar-refractivity contribution in [2.24, 2.45) is 0 Å². The smallest absolute Gasteiger partial charge is 0.472 e. The topological polar surface area (TPSA) is 288 Å². The normalized spacial score (nSPS) is 13.4. The zero-order valence-corrected chi connectivity index (χ0v) is 41.2. The third kappa shape index (κ3) is 13.3. The highest BCUT2D eigenvalue weighted by molar-refractivity contribution is 5.98. The van der Waals surface area contributed by atoms with Crippen LogP contribution in [0.3, 0.4) is 0 Å². The van der Waals surface area contributed by atoms with Gasteiger partial charge in [0.25, 0.3) is 17.7 Å². The number of alkyl halides is 12. The van der Waals surface area contributed by atoms with Crippen LogP contribution in [-0.4, -0.2) is 87.2 Å². The summed E-state index contributed by atoms with van der Waals surface area (Å²) in [5, 5.41) is 30.4. The van der Waals surface area contributed by atoms with E-state index in [0.717, 1.165) is 0 Å². The number of hydrogen-bond acceptors (Lipinski definition) is 20. The van der Waals surface area contributed by atoms with Gasteiger partial charge in [0, 0.05) is 24.3 Å². The van der Waals surface area contributed by atoms with E-state index >= 15 is 0 Å². The van der Waals surface area contributed by atoms with Gasteiger partial charge in [-0.2, -0.15) is 52.7 Å². The first-order valence-electron chi connectivity index (χ1n) is 22.8. The van der Waals surface area contributed by atoms with Crippen molar-refractivity contribution < 1.29 is 117 Å². The zero-order chi connectivity index (χ0) is 59.6. The molecule has 34 heteroatoms. The number of ether oxygens (including phenoxy) is 4. The highest BCUT2D eigenvalue weighted by Gasteiger charge is 2.41. The largest absolute Gasteiger partial charge is 0.507 e. The minimum absolute atomic E-state index is 0.0421. The maximum absolute atomic E-state index is 12.5. The molecule has 12 rings (SSSR count). The fraction of sp³-hybridized carbons (Fsp3) is 0.184. The molecule has 7 aromatic heterocycles. The Kier molecular flexibility index (Phi) is 15.7. The number of nitrogens with zero attached hydrogens (tertiary/aromatic N) is 6. The van der Waals surface area contributed by atoms with E-state index in [-0.39, 0.29) is 46.7 Å². The molecule has 0 spiro atoms. The van der Waals surface area contributed by atoms with Gasteiger partial charge >= 0.3 is 54.2 Å². The van der Waals surface area contributed by atoms with Crippen LogP contribution < -0.4 is 25.1 Å². The van der Waals surface area contributed by atoms with E-state index in [9.17, 15) is 67.4 Å². The molecule has 1 fully saturated rings. The number of aromatic hydroxyl groups is 1. The van der Waals surface area contributed by atoms with Crippen LogP contribution in [0.2, 0.25) is 0 Å². The fourth-order valence-corrected chi connectivity index (χ4v) is 6.96. The molecule has 0 saturated carbocycles. The van der Waals surface area contributed by atoms with Crippen LogP contribution in [0, 0.1) is 0 Å². The number of hydrogen-bond donors (Lipinski definition) is 3. The van der Waals surface area contributed by atoms with E-state index in [2.05, 4.69) is 43.8 Å². The Morgan fingerprint density at radius 2 is 0.904 bits per heavy atom. The molecule has 0 aliphatic carbocycles. The van der Waals surface area contributed by atoms with Gasteiger partial charge in [0.15, 0.2) is 23.0 Å². The lowest BCUT2D eigenvalue weighted by Gasteiger charge is -2.07. The number of halogens is 12. The number of phenols is 1. The van der Waals surface area contributed by atoms with Crippen molar-refractivity contribution >= 4 is 55.7 Å². The van der Waals surface area contributed by atoms with E-state index in [1.165, 1.54) is 50.0 Å². The number of furan rings is 4. The highest BCUT2D eigenvalue weighted by Crippen LogP contribution is 2.39. The summed E-state index contributed by atoms with van der Waals surface area (Å²) in [5.74, 6) is -7.43. The Hall–Kier alpha value is -10.3. The molecule has 0 unspecified atom stereocenters. The summed E-state index contributed by atoms with van der Waals surface area (Å²) in [5.41, 5.74) is 4.37. The lowest BCUT2D eigenvalue weighted by atomic mass is 10.2. The number of phenolic OH excluding ortho intramolecular Hbond substituents is 1. The summed E-state index contributed by atoms with van der Waals surface area (Å²) in [4.78, 5) is 22.2. The van der Waals surface area contributed by atoms with Gasteiger partial charge in [-0.15, -0.1) is 30.6 Å². The van der Waals surface area contributed by atoms with Gasteiger partial charge in [-0.25, -0.2) is 0 Å². The number of epoxide rings is 1. The van der Waals surface area contributed by atoms with Gasteiger partial charge in [-0.05, 0) is 48.5 Å². The fourth-order valence-electron chi connectivity index (χ4n) is 6.96. The van der Waals surface area contributed by atoms with Crippen molar-refractivity contribution in [3.8, 4) is 58.0 Å². The SMILES string of the molecule is COc1cccc2oc(-c3nnc(C(F)(F)F)o3)cc12.COc1cccc2oc(C(=O)NNC(=O)C(F)(F)F)cc12.FC(F)(F)c1nnc(-c2cc3c(OC[C@@H]4CO4)cccc3o2)o1.Oc1cccc2oc(-c3nnc(C(F)(F)F)o3)cc12. The molecule has 11 aromatic rings. The van der Waals surface area contributed by atoms with Crippen molar-refractivity contribution in [3.63, 3.8) is 0 Å². The van der Waals surface area contributed by atoms with Crippen LogP contribution in [0.1, 0.15) is 28.2 Å². The number of carbonyl (C=O) groups excluding carboxylic acids is 2. The first kappa shape index (κ1) is 57.4. The maximum atomic E-state index is 12.5. The molecule has 1 saturated heterocycles. The molecule has 0 radical (unpaired) electrons. The molecule has 4 aromatic carbocycles. The van der Waals surface area contributed by atoms with Crippen LogP contribution in [0.15, 0.2) is 128 Å². The lowest BCUT2D eigenvalue weighted by Crippen LogP contribution is -2.47. The van der Waals surface area contributed by atoms with E-state index in [0.29, 0.717) is 74.3 Å². The Bertz CT molecular complexity index is 4090. The Labute approximate surface area is 450 Å². The van der Waals surface area contributed by atoms with Gasteiger partial charge in [0.05, 0.1) is 42.4 Å². The average molecular weight is 1180 g/mol. The number of amides is 2.